The quantitative estimate of drug-likeness (QED) is 0.841. The Balaban J connectivity index is 1.60. The van der Waals surface area contributed by atoms with E-state index in [0.29, 0.717) is 6.42 Å². The maximum atomic E-state index is 12.6. The fourth-order valence-electron chi connectivity index (χ4n) is 3.96. The summed E-state index contributed by atoms with van der Waals surface area (Å²) in [6.07, 6.45) is 3.02. The Hall–Kier alpha value is -1.88. The van der Waals surface area contributed by atoms with Crippen molar-refractivity contribution < 1.29 is 19.4 Å². The Morgan fingerprint density at radius 1 is 1.21 bits per heavy atom. The SMILES string of the molecule is Cc1cccc(C)c1OC[C@@H](O)CN1C(=O)CC2(CCCC2)C1=O. The number of hydrogen-bond acceptors (Lipinski definition) is 4. The standard InChI is InChI=1S/C19H25NO4/c1-13-6-5-7-14(2)17(13)24-12-15(21)11-20-16(22)10-19(18(20)23)8-3-4-9-19/h5-7,15,21H,3-4,8-12H2,1-2H3/t15-/m0/s1. The molecule has 5 nitrogen and oxygen atoms in total. The first kappa shape index (κ1) is 17.0. The van der Waals surface area contributed by atoms with Gasteiger partial charge in [0.2, 0.25) is 11.8 Å². The maximum Gasteiger partial charge on any atom is 0.235 e. The van der Waals surface area contributed by atoms with Gasteiger partial charge in [0.1, 0.15) is 18.5 Å². The third-order valence-electron chi connectivity index (χ3n) is 5.27. The Morgan fingerprint density at radius 2 is 1.83 bits per heavy atom. The van der Waals surface area contributed by atoms with Crippen molar-refractivity contribution in [2.24, 2.45) is 5.41 Å². The average molecular weight is 331 g/mol. The van der Waals surface area contributed by atoms with Crippen LogP contribution in [0.5, 0.6) is 5.75 Å². The molecule has 1 aromatic carbocycles. The van der Waals surface area contributed by atoms with Crippen LogP contribution in [0.25, 0.3) is 0 Å². The number of carbonyl (C=O) groups is 2. The molecule has 130 valence electrons. The van der Waals surface area contributed by atoms with Gasteiger partial charge in [0.05, 0.1) is 12.0 Å². The van der Waals surface area contributed by atoms with E-state index in [1.165, 1.54) is 4.90 Å². The van der Waals surface area contributed by atoms with E-state index >= 15 is 0 Å². The Labute approximate surface area is 142 Å². The van der Waals surface area contributed by atoms with E-state index in [4.69, 9.17) is 4.74 Å². The zero-order chi connectivity index (χ0) is 17.3. The number of nitrogens with zero attached hydrogens (tertiary/aromatic N) is 1. The molecular weight excluding hydrogens is 306 g/mol. The van der Waals surface area contributed by atoms with Crippen LogP contribution < -0.4 is 4.74 Å². The number of imide groups is 1. The van der Waals surface area contributed by atoms with Crippen molar-refractivity contribution in [1.82, 2.24) is 4.90 Å². The highest BCUT2D eigenvalue weighted by molar-refractivity contribution is 6.06. The van der Waals surface area contributed by atoms with E-state index < -0.39 is 11.5 Å². The Kier molecular flexibility index (Phi) is 4.63. The topological polar surface area (TPSA) is 66.8 Å². The largest absolute Gasteiger partial charge is 0.490 e. The summed E-state index contributed by atoms with van der Waals surface area (Å²) in [6.45, 7) is 3.98. The zero-order valence-electron chi connectivity index (χ0n) is 14.4. The van der Waals surface area contributed by atoms with Crippen molar-refractivity contribution >= 4 is 11.8 Å². The van der Waals surface area contributed by atoms with Gasteiger partial charge in [-0.2, -0.15) is 0 Å². The predicted molar refractivity (Wildman–Crippen MR) is 89.7 cm³/mol. The van der Waals surface area contributed by atoms with E-state index in [9.17, 15) is 14.7 Å². The van der Waals surface area contributed by atoms with Gasteiger partial charge < -0.3 is 9.84 Å². The minimum Gasteiger partial charge on any atom is -0.490 e. The van der Waals surface area contributed by atoms with Crippen LogP contribution in [0, 0.1) is 19.3 Å². The summed E-state index contributed by atoms with van der Waals surface area (Å²) in [6, 6.07) is 5.86. The maximum absolute atomic E-state index is 12.6. The molecule has 1 saturated heterocycles. The van der Waals surface area contributed by atoms with E-state index in [-0.39, 0.29) is 25.0 Å². The molecule has 5 heteroatoms. The highest BCUT2D eigenvalue weighted by atomic mass is 16.5. The summed E-state index contributed by atoms with van der Waals surface area (Å²) in [7, 11) is 0. The summed E-state index contributed by atoms with van der Waals surface area (Å²) in [5, 5.41) is 10.2. The van der Waals surface area contributed by atoms with Crippen molar-refractivity contribution in [1.29, 1.82) is 0 Å². The third-order valence-corrected chi connectivity index (χ3v) is 5.27. The molecule has 2 aliphatic rings. The molecule has 1 aliphatic carbocycles. The molecule has 2 fully saturated rings. The average Bonchev–Trinajstić information content (AvgIpc) is 3.08. The van der Waals surface area contributed by atoms with Gasteiger partial charge in [-0.3, -0.25) is 14.5 Å². The number of amides is 2. The molecular formula is C19H25NO4. The first-order valence-electron chi connectivity index (χ1n) is 8.65. The number of hydrogen-bond donors (Lipinski definition) is 1. The second kappa shape index (κ2) is 6.55. The molecule has 1 heterocycles. The highest BCUT2D eigenvalue weighted by Crippen LogP contribution is 2.46. The van der Waals surface area contributed by atoms with Gasteiger partial charge in [-0.25, -0.2) is 0 Å². The van der Waals surface area contributed by atoms with Gasteiger partial charge >= 0.3 is 0 Å². The molecule has 1 saturated carbocycles. The number of aliphatic hydroxyl groups excluding tert-OH is 1. The normalized spacial score (nSPS) is 20.9. The van der Waals surface area contributed by atoms with Gasteiger partial charge in [-0.1, -0.05) is 31.0 Å². The van der Waals surface area contributed by atoms with Gasteiger partial charge in [0.25, 0.3) is 0 Å². The smallest absolute Gasteiger partial charge is 0.235 e. The zero-order valence-corrected chi connectivity index (χ0v) is 14.4. The lowest BCUT2D eigenvalue weighted by atomic mass is 9.84. The number of rotatable bonds is 5. The summed E-state index contributed by atoms with van der Waals surface area (Å²) in [4.78, 5) is 26.1. The minimum atomic E-state index is -0.881. The van der Waals surface area contributed by atoms with E-state index in [2.05, 4.69) is 0 Å². The Morgan fingerprint density at radius 3 is 2.46 bits per heavy atom. The van der Waals surface area contributed by atoms with Gasteiger partial charge in [-0.05, 0) is 37.8 Å². The summed E-state index contributed by atoms with van der Waals surface area (Å²) in [5.41, 5.74) is 1.52. The fourth-order valence-corrected chi connectivity index (χ4v) is 3.96. The molecule has 1 spiro atoms. The van der Waals surface area contributed by atoms with Crippen molar-refractivity contribution in [3.05, 3.63) is 29.3 Å². The molecule has 0 radical (unpaired) electrons. The van der Waals surface area contributed by atoms with Crippen LogP contribution in [-0.2, 0) is 9.59 Å². The number of benzene rings is 1. The molecule has 0 bridgehead atoms. The van der Waals surface area contributed by atoms with Crippen molar-refractivity contribution in [2.45, 2.75) is 52.1 Å². The van der Waals surface area contributed by atoms with Gasteiger partial charge in [-0.15, -0.1) is 0 Å². The molecule has 1 aliphatic heterocycles. The molecule has 2 amide bonds. The first-order chi connectivity index (χ1) is 11.4. The number of aryl methyl sites for hydroxylation is 2. The van der Waals surface area contributed by atoms with Crippen LogP contribution in [0.4, 0.5) is 0 Å². The molecule has 1 aromatic rings. The van der Waals surface area contributed by atoms with Crippen LogP contribution in [0.2, 0.25) is 0 Å². The predicted octanol–water partition coefficient (Wildman–Crippen LogP) is 2.36. The lowest BCUT2D eigenvalue weighted by Crippen LogP contribution is -2.41. The lowest BCUT2D eigenvalue weighted by Gasteiger charge is -2.23. The summed E-state index contributed by atoms with van der Waals surface area (Å²) in [5.74, 6) is 0.493. The second-order valence-electron chi connectivity index (χ2n) is 7.16. The lowest BCUT2D eigenvalue weighted by molar-refractivity contribution is -0.143. The van der Waals surface area contributed by atoms with E-state index in [1.54, 1.807) is 0 Å². The monoisotopic (exact) mass is 331 g/mol. The highest BCUT2D eigenvalue weighted by Gasteiger charge is 2.52. The molecule has 3 rings (SSSR count). The minimum absolute atomic E-state index is 0.0182. The summed E-state index contributed by atoms with van der Waals surface area (Å²) >= 11 is 0. The van der Waals surface area contributed by atoms with Crippen LogP contribution >= 0.6 is 0 Å². The summed E-state index contributed by atoms with van der Waals surface area (Å²) < 4.78 is 5.73. The van der Waals surface area contributed by atoms with Crippen molar-refractivity contribution in [3.63, 3.8) is 0 Å². The van der Waals surface area contributed by atoms with Crippen LogP contribution in [0.15, 0.2) is 18.2 Å². The van der Waals surface area contributed by atoms with Crippen LogP contribution in [0.3, 0.4) is 0 Å². The number of ether oxygens (including phenoxy) is 1. The van der Waals surface area contributed by atoms with Crippen LogP contribution in [0.1, 0.15) is 43.2 Å². The second-order valence-corrected chi connectivity index (χ2v) is 7.16. The number of aliphatic hydroxyl groups is 1. The molecule has 1 N–H and O–H groups in total. The molecule has 0 unspecified atom stereocenters. The number of carbonyl (C=O) groups excluding carboxylic acids is 2. The van der Waals surface area contributed by atoms with Crippen LogP contribution in [-0.4, -0.2) is 41.1 Å². The van der Waals surface area contributed by atoms with E-state index in [1.807, 2.05) is 32.0 Å². The van der Waals surface area contributed by atoms with Crippen molar-refractivity contribution in [2.75, 3.05) is 13.2 Å². The van der Waals surface area contributed by atoms with E-state index in [0.717, 1.165) is 42.6 Å². The number of likely N-dealkylation sites (tertiary alicyclic amines) is 1. The number of para-hydroxylation sites is 1. The first-order valence-corrected chi connectivity index (χ1v) is 8.65. The van der Waals surface area contributed by atoms with Gasteiger partial charge in [0.15, 0.2) is 0 Å². The molecule has 24 heavy (non-hydrogen) atoms. The number of β-amino-alcohol motifs (C(OH)–C–C–N with tert-alkyl or cyclic N) is 1. The van der Waals surface area contributed by atoms with Gasteiger partial charge in [0, 0.05) is 6.42 Å². The molecule has 1 atom stereocenters. The van der Waals surface area contributed by atoms with Crippen molar-refractivity contribution in [3.8, 4) is 5.75 Å². The Bertz CT molecular complexity index is 629. The third kappa shape index (κ3) is 3.05. The fraction of sp³-hybridized carbons (Fsp3) is 0.579. The molecule has 0 aromatic heterocycles.